The van der Waals surface area contributed by atoms with Gasteiger partial charge in [0, 0.05) is 39.6 Å². The van der Waals surface area contributed by atoms with E-state index in [4.69, 9.17) is 8.53 Å². The Balaban J connectivity index is 1.25. The predicted molar refractivity (Wildman–Crippen MR) is 287 cm³/mol. The second kappa shape index (κ2) is 15.1. The monoisotopic (exact) mass is 880 g/mol. The van der Waals surface area contributed by atoms with E-state index in [0.717, 1.165) is 69.0 Å². The average Bonchev–Trinajstić information content (AvgIpc) is 3.69. The van der Waals surface area contributed by atoms with Crippen molar-refractivity contribution >= 4 is 68.4 Å². The third-order valence-electron chi connectivity index (χ3n) is 15.6. The van der Waals surface area contributed by atoms with Crippen LogP contribution in [0.3, 0.4) is 0 Å². The number of hydrogen-bond acceptors (Lipinski definition) is 3. The van der Waals surface area contributed by atoms with Crippen LogP contribution in [0.4, 0.5) is 34.1 Å². The lowest BCUT2D eigenvalue weighted by atomic mass is 9.35. The molecule has 0 saturated heterocycles. The van der Waals surface area contributed by atoms with E-state index >= 15 is 0 Å². The zero-order valence-electron chi connectivity index (χ0n) is 44.5. The van der Waals surface area contributed by atoms with E-state index in [1.807, 2.05) is 0 Å². The van der Waals surface area contributed by atoms with Gasteiger partial charge in [-0.15, -0.1) is 0 Å². The van der Waals surface area contributed by atoms with E-state index in [2.05, 4.69) is 208 Å². The van der Waals surface area contributed by atoms with Crippen LogP contribution in [0.1, 0.15) is 138 Å². The molecule has 7 aromatic carbocycles. The van der Waals surface area contributed by atoms with Crippen LogP contribution in [0.25, 0.3) is 22.1 Å². The summed E-state index contributed by atoms with van der Waals surface area (Å²) in [5.74, 6) is -0.127. The number of fused-ring (bicyclic) bond motifs is 7. The molecule has 2 aliphatic heterocycles. The van der Waals surface area contributed by atoms with Crippen molar-refractivity contribution in [1.82, 2.24) is 0 Å². The van der Waals surface area contributed by atoms with Crippen molar-refractivity contribution in [1.29, 1.82) is 0 Å². The fourth-order valence-corrected chi connectivity index (χ4v) is 11.4. The first-order chi connectivity index (χ1) is 33.0. The van der Waals surface area contributed by atoms with Crippen LogP contribution in [0, 0.1) is 6.92 Å². The van der Waals surface area contributed by atoms with Crippen LogP contribution < -0.4 is 26.4 Å². The van der Waals surface area contributed by atoms with Crippen molar-refractivity contribution < 1.29 is 8.53 Å². The first-order valence-electron chi connectivity index (χ1n) is 25.9. The molecule has 8 aromatic rings. The maximum atomic E-state index is 8.51. The molecular formula is C63H65BN2O. The molecule has 0 radical (unpaired) electrons. The molecule has 0 spiro atoms. The average molecular weight is 880 g/mol. The SMILES string of the molecule is [2H]c1cc(C(C)c2ccc3oc4c(c3c2)N(c2ccc(C(C)(C)C)cc2)c2cc(C)cc3c2B4c2cc4c(cc2N3c2ccc(C(C)(C)C)cc2-c2ccccc2)C(C)(C)CCC4(C)C)cc([2H])c1[2H]. The summed E-state index contributed by atoms with van der Waals surface area (Å²) in [6, 6.07) is 47.3. The minimum Gasteiger partial charge on any atom is -0.468 e. The summed E-state index contributed by atoms with van der Waals surface area (Å²) in [6.45, 7) is 27.6. The van der Waals surface area contributed by atoms with Crippen molar-refractivity contribution in [2.75, 3.05) is 9.80 Å². The molecule has 1 atom stereocenters. The Labute approximate surface area is 404 Å². The highest BCUT2D eigenvalue weighted by atomic mass is 16.3. The van der Waals surface area contributed by atoms with Crippen molar-refractivity contribution in [2.24, 2.45) is 0 Å². The maximum absolute atomic E-state index is 8.51. The first-order valence-corrected chi connectivity index (χ1v) is 24.4. The van der Waals surface area contributed by atoms with Gasteiger partial charge in [0.2, 0.25) is 0 Å². The fraction of sp³-hybridized carbons (Fsp3) is 0.302. The molecule has 67 heavy (non-hydrogen) atoms. The van der Waals surface area contributed by atoms with Crippen LogP contribution in [0.5, 0.6) is 0 Å². The van der Waals surface area contributed by atoms with Crippen molar-refractivity contribution in [3.8, 4) is 11.1 Å². The van der Waals surface area contributed by atoms with Gasteiger partial charge in [0.25, 0.3) is 6.71 Å². The largest absolute Gasteiger partial charge is 0.468 e. The zero-order chi connectivity index (χ0) is 49.6. The summed E-state index contributed by atoms with van der Waals surface area (Å²) in [6.07, 6.45) is 2.22. The third kappa shape index (κ3) is 7.00. The number of furan rings is 1. The van der Waals surface area contributed by atoms with Crippen molar-refractivity contribution in [3.05, 3.63) is 184 Å². The molecule has 0 N–H and O–H groups in total. The highest BCUT2D eigenvalue weighted by molar-refractivity contribution is 7.00. The fourth-order valence-electron chi connectivity index (χ4n) is 11.4. The second-order valence-corrected chi connectivity index (χ2v) is 23.2. The van der Waals surface area contributed by atoms with Gasteiger partial charge in [-0.3, -0.25) is 0 Å². The molecule has 1 unspecified atom stereocenters. The Hall–Kier alpha value is -6.26. The van der Waals surface area contributed by atoms with Crippen LogP contribution in [-0.4, -0.2) is 6.71 Å². The van der Waals surface area contributed by atoms with E-state index in [0.29, 0.717) is 0 Å². The van der Waals surface area contributed by atoms with E-state index in [9.17, 15) is 0 Å². The summed E-state index contributed by atoms with van der Waals surface area (Å²) in [4.78, 5) is 5.07. The molecule has 4 heteroatoms. The summed E-state index contributed by atoms with van der Waals surface area (Å²) in [5, 5.41) is 1.02. The molecule has 1 aliphatic carbocycles. The molecule has 0 fully saturated rings. The molecule has 1 aromatic heterocycles. The quantitative estimate of drug-likeness (QED) is 0.161. The van der Waals surface area contributed by atoms with E-state index in [-0.39, 0.29) is 52.4 Å². The highest BCUT2D eigenvalue weighted by Crippen LogP contribution is 2.53. The van der Waals surface area contributed by atoms with Gasteiger partial charge in [0.15, 0.2) is 0 Å². The lowest BCUT2D eigenvalue weighted by Gasteiger charge is -2.47. The number of nitrogens with zero attached hydrogens (tertiary/aromatic N) is 2. The topological polar surface area (TPSA) is 19.6 Å². The second-order valence-electron chi connectivity index (χ2n) is 23.2. The van der Waals surface area contributed by atoms with Gasteiger partial charge >= 0.3 is 0 Å². The Kier molecular flexibility index (Phi) is 9.00. The predicted octanol–water partition coefficient (Wildman–Crippen LogP) is 15.6. The van der Waals surface area contributed by atoms with Crippen molar-refractivity contribution in [3.63, 3.8) is 0 Å². The van der Waals surface area contributed by atoms with Gasteiger partial charge in [-0.1, -0.05) is 167 Å². The summed E-state index contributed by atoms with van der Waals surface area (Å²) in [7, 11) is 0. The maximum Gasteiger partial charge on any atom is 0.297 e. The Bertz CT molecular complexity index is 3400. The summed E-state index contributed by atoms with van der Waals surface area (Å²) >= 11 is 0. The molecule has 0 bridgehead atoms. The van der Waals surface area contributed by atoms with Crippen LogP contribution in [0.15, 0.2) is 150 Å². The van der Waals surface area contributed by atoms with Gasteiger partial charge < -0.3 is 14.2 Å². The van der Waals surface area contributed by atoms with E-state index < -0.39 is 0 Å². The van der Waals surface area contributed by atoms with Crippen LogP contribution in [-0.2, 0) is 21.7 Å². The number of rotatable bonds is 5. The molecule has 11 rings (SSSR count). The van der Waals surface area contributed by atoms with Crippen LogP contribution in [0.2, 0.25) is 0 Å². The minimum atomic E-state index is -0.216. The molecule has 3 heterocycles. The van der Waals surface area contributed by atoms with Gasteiger partial charge in [-0.05, 0) is 151 Å². The molecule has 0 saturated carbocycles. The lowest BCUT2D eigenvalue weighted by molar-refractivity contribution is 0.332. The van der Waals surface area contributed by atoms with E-state index in [1.165, 1.54) is 55.6 Å². The molecule has 336 valence electrons. The molecule has 3 nitrogen and oxygen atoms in total. The smallest absolute Gasteiger partial charge is 0.297 e. The number of hydrogen-bond donors (Lipinski definition) is 0. The van der Waals surface area contributed by atoms with E-state index in [1.54, 1.807) is 12.1 Å². The normalized spacial score (nSPS) is 17.0. The number of benzene rings is 7. The molecule has 3 aliphatic rings. The Morgan fingerprint density at radius 2 is 1.24 bits per heavy atom. The van der Waals surface area contributed by atoms with Gasteiger partial charge in [0.05, 0.1) is 21.1 Å². The first kappa shape index (κ1) is 39.9. The number of aryl methyl sites for hydroxylation is 1. The Morgan fingerprint density at radius 1 is 0.612 bits per heavy atom. The summed E-state index contributed by atoms with van der Waals surface area (Å²) < 4.78 is 32.7. The Morgan fingerprint density at radius 3 is 1.90 bits per heavy atom. The standard InChI is InChI=1S/C63H65BN2O/c1-39-33-54-57-55(34-39)66(52-29-26-45(61(6,7)8)36-47(52)42-21-17-14-18-22-42)53-38-50-49(62(9,10)31-32-63(50,11)12)37-51(53)64(57)59-58(65(54)46-27-24-44(25-28-46)60(3,4)5)48-35-43(23-30-56(48)67-59)40(2)41-19-15-13-16-20-41/h13-30,33-38,40H,31-32H2,1-12H3/i13D,15D,16D. The van der Waals surface area contributed by atoms with Crippen molar-refractivity contribution in [2.45, 2.75) is 124 Å². The lowest BCUT2D eigenvalue weighted by Crippen LogP contribution is -2.61. The van der Waals surface area contributed by atoms with Crippen LogP contribution >= 0.6 is 0 Å². The molecule has 0 amide bonds. The third-order valence-corrected chi connectivity index (χ3v) is 15.6. The van der Waals surface area contributed by atoms with Gasteiger partial charge in [-0.25, -0.2) is 0 Å². The minimum absolute atomic E-state index is 0.0206. The zero-order valence-corrected chi connectivity index (χ0v) is 41.5. The van der Waals surface area contributed by atoms with Gasteiger partial charge in [-0.2, -0.15) is 0 Å². The summed E-state index contributed by atoms with van der Waals surface area (Å²) in [5.41, 5.74) is 21.7. The van der Waals surface area contributed by atoms with Gasteiger partial charge in [0.1, 0.15) is 5.58 Å². The highest BCUT2D eigenvalue weighted by Gasteiger charge is 2.49. The molecular weight excluding hydrogens is 812 g/mol. The number of anilines is 6.